The van der Waals surface area contributed by atoms with Crippen molar-refractivity contribution in [2.75, 3.05) is 7.11 Å². The molecule has 5 rings (SSSR count). The molecule has 0 spiro atoms. The zero-order valence-corrected chi connectivity index (χ0v) is 16.3. The number of methoxy groups -OCH3 is 1. The standard InChI is InChI=1S/C26H17NO3/c1-29-18-11-12-19-21(14-18)17(15-27)13-22-25(28)20-9-5-6-10-23(20)30-26(22)24(19)16-7-3-2-4-8-16/h2-14,24H,1H3. The maximum absolute atomic E-state index is 13.4. The van der Waals surface area contributed by atoms with Gasteiger partial charge in [-0.15, -0.1) is 0 Å². The van der Waals surface area contributed by atoms with Gasteiger partial charge in [-0.25, -0.2) is 0 Å². The lowest BCUT2D eigenvalue weighted by Crippen LogP contribution is -2.13. The number of hydrogen-bond donors (Lipinski definition) is 0. The van der Waals surface area contributed by atoms with Gasteiger partial charge >= 0.3 is 0 Å². The number of hydrogen-bond acceptors (Lipinski definition) is 4. The fourth-order valence-corrected chi connectivity index (χ4v) is 4.10. The Balaban J connectivity index is 1.94. The lowest BCUT2D eigenvalue weighted by molar-refractivity contribution is 0.414. The van der Waals surface area contributed by atoms with Crippen molar-refractivity contribution < 1.29 is 9.15 Å². The van der Waals surface area contributed by atoms with E-state index in [1.54, 1.807) is 25.3 Å². The maximum Gasteiger partial charge on any atom is 0.200 e. The number of fused-ring (bicyclic) bond motifs is 3. The average Bonchev–Trinajstić information content (AvgIpc) is 2.93. The van der Waals surface area contributed by atoms with Crippen molar-refractivity contribution in [2.45, 2.75) is 5.92 Å². The van der Waals surface area contributed by atoms with E-state index in [-0.39, 0.29) is 11.3 Å². The molecule has 0 amide bonds. The number of rotatable bonds is 2. The van der Waals surface area contributed by atoms with Crippen molar-refractivity contribution in [1.29, 1.82) is 5.26 Å². The van der Waals surface area contributed by atoms with Gasteiger partial charge in [0.05, 0.1) is 35.6 Å². The topological polar surface area (TPSA) is 63.2 Å². The van der Waals surface area contributed by atoms with Gasteiger partial charge in [0, 0.05) is 5.56 Å². The Morgan fingerprint density at radius 1 is 1.00 bits per heavy atom. The van der Waals surface area contributed by atoms with Crippen molar-refractivity contribution in [1.82, 2.24) is 0 Å². The second-order valence-electron chi connectivity index (χ2n) is 7.17. The zero-order chi connectivity index (χ0) is 20.7. The van der Waals surface area contributed by atoms with Crippen molar-refractivity contribution in [3.05, 3.63) is 111 Å². The van der Waals surface area contributed by atoms with Crippen molar-refractivity contribution >= 4 is 22.6 Å². The van der Waals surface area contributed by atoms with Gasteiger partial charge in [0.15, 0.2) is 5.43 Å². The summed E-state index contributed by atoms with van der Waals surface area (Å²) >= 11 is 0. The third-order valence-electron chi connectivity index (χ3n) is 5.53. The van der Waals surface area contributed by atoms with E-state index < -0.39 is 0 Å². The predicted octanol–water partition coefficient (Wildman–Crippen LogP) is 5.36. The van der Waals surface area contributed by atoms with E-state index in [0.717, 1.165) is 16.7 Å². The first kappa shape index (κ1) is 18.0. The molecule has 4 aromatic rings. The summed E-state index contributed by atoms with van der Waals surface area (Å²) in [5.74, 6) is 0.861. The van der Waals surface area contributed by atoms with Crippen LogP contribution in [0.4, 0.5) is 0 Å². The molecule has 0 N–H and O–H groups in total. The van der Waals surface area contributed by atoms with Gasteiger partial charge in [-0.3, -0.25) is 4.79 Å². The third kappa shape index (κ3) is 2.72. The summed E-state index contributed by atoms with van der Waals surface area (Å²) in [6.45, 7) is 0. The summed E-state index contributed by atoms with van der Waals surface area (Å²) in [5, 5.41) is 10.4. The van der Waals surface area contributed by atoms with Crippen LogP contribution >= 0.6 is 0 Å². The molecule has 144 valence electrons. The summed E-state index contributed by atoms with van der Waals surface area (Å²) in [7, 11) is 1.59. The molecule has 0 saturated heterocycles. The van der Waals surface area contributed by atoms with Crippen molar-refractivity contribution in [2.24, 2.45) is 0 Å². The van der Waals surface area contributed by atoms with Gasteiger partial charge in [0.25, 0.3) is 0 Å². The SMILES string of the molecule is COc1ccc2c(c1)C(C#N)=Cc1c(oc3ccccc3c1=O)C2c1ccccc1. The van der Waals surface area contributed by atoms with Gasteiger partial charge in [-0.1, -0.05) is 48.5 Å². The monoisotopic (exact) mass is 391 g/mol. The quantitative estimate of drug-likeness (QED) is 0.461. The molecule has 1 unspecified atom stereocenters. The molecule has 0 radical (unpaired) electrons. The van der Waals surface area contributed by atoms with Gasteiger partial charge in [0.2, 0.25) is 0 Å². The summed E-state index contributed by atoms with van der Waals surface area (Å²) in [5.41, 5.74) is 3.83. The second kappa shape index (κ2) is 7.06. The fourth-order valence-electron chi connectivity index (χ4n) is 4.10. The Hall–Kier alpha value is -4.10. The van der Waals surface area contributed by atoms with Crippen LogP contribution in [0.1, 0.15) is 33.9 Å². The largest absolute Gasteiger partial charge is 0.497 e. The van der Waals surface area contributed by atoms with Crippen molar-refractivity contribution in [3.8, 4) is 11.8 Å². The van der Waals surface area contributed by atoms with Crippen LogP contribution in [0.15, 0.2) is 82.0 Å². The van der Waals surface area contributed by atoms with E-state index in [4.69, 9.17) is 9.15 Å². The minimum atomic E-state index is -0.332. The highest BCUT2D eigenvalue weighted by molar-refractivity contribution is 5.95. The van der Waals surface area contributed by atoms with Crippen LogP contribution < -0.4 is 10.2 Å². The van der Waals surface area contributed by atoms with E-state index >= 15 is 0 Å². The second-order valence-corrected chi connectivity index (χ2v) is 7.17. The van der Waals surface area contributed by atoms with Crippen molar-refractivity contribution in [3.63, 3.8) is 0 Å². The highest BCUT2D eigenvalue weighted by atomic mass is 16.5. The van der Waals surface area contributed by atoms with Crippen LogP contribution in [0.3, 0.4) is 0 Å². The lowest BCUT2D eigenvalue weighted by atomic mass is 9.85. The molecule has 0 fully saturated rings. The number of benzene rings is 3. The lowest BCUT2D eigenvalue weighted by Gasteiger charge is -2.20. The normalized spacial score (nSPS) is 14.8. The highest BCUT2D eigenvalue weighted by Gasteiger charge is 2.30. The molecule has 4 nitrogen and oxygen atoms in total. The van der Waals surface area contributed by atoms with Gasteiger partial charge in [-0.05, 0) is 41.5 Å². The molecule has 4 heteroatoms. The zero-order valence-electron chi connectivity index (χ0n) is 16.3. The first-order valence-electron chi connectivity index (χ1n) is 9.62. The molecule has 1 aliphatic rings. The van der Waals surface area contributed by atoms with Crippen LogP contribution in [0.2, 0.25) is 0 Å². The first-order valence-corrected chi connectivity index (χ1v) is 9.62. The molecule has 1 heterocycles. The van der Waals surface area contributed by atoms with Gasteiger partial charge < -0.3 is 9.15 Å². The number of allylic oxidation sites excluding steroid dienone is 1. The number of ether oxygens (including phenoxy) is 1. The molecule has 1 aliphatic carbocycles. The van der Waals surface area contributed by atoms with Crippen LogP contribution in [0.5, 0.6) is 5.75 Å². The molecule has 0 aliphatic heterocycles. The Kier molecular flexibility index (Phi) is 4.22. The van der Waals surface area contributed by atoms with Crippen LogP contribution in [0, 0.1) is 11.3 Å². The number of para-hydroxylation sites is 1. The minimum Gasteiger partial charge on any atom is -0.497 e. The molecule has 1 atom stereocenters. The summed E-state index contributed by atoms with van der Waals surface area (Å²) < 4.78 is 11.7. The molecule has 0 saturated carbocycles. The maximum atomic E-state index is 13.4. The minimum absolute atomic E-state index is 0.139. The molecule has 3 aromatic carbocycles. The molecule has 0 bridgehead atoms. The van der Waals surface area contributed by atoms with Crippen LogP contribution in [-0.2, 0) is 0 Å². The smallest absolute Gasteiger partial charge is 0.200 e. The van der Waals surface area contributed by atoms with Crippen LogP contribution in [0.25, 0.3) is 22.6 Å². The van der Waals surface area contributed by atoms with E-state index in [9.17, 15) is 10.1 Å². The number of nitrogens with zero attached hydrogens (tertiary/aromatic N) is 1. The third-order valence-corrected chi connectivity index (χ3v) is 5.53. The molecular weight excluding hydrogens is 374 g/mol. The van der Waals surface area contributed by atoms with E-state index in [1.807, 2.05) is 60.7 Å². The van der Waals surface area contributed by atoms with E-state index in [2.05, 4.69) is 6.07 Å². The summed E-state index contributed by atoms with van der Waals surface area (Å²) in [6, 6.07) is 25.0. The van der Waals surface area contributed by atoms with Gasteiger partial charge in [-0.2, -0.15) is 5.26 Å². The van der Waals surface area contributed by atoms with E-state index in [0.29, 0.717) is 33.6 Å². The fraction of sp³-hybridized carbons (Fsp3) is 0.0769. The summed E-state index contributed by atoms with van der Waals surface area (Å²) in [4.78, 5) is 13.4. The predicted molar refractivity (Wildman–Crippen MR) is 116 cm³/mol. The Morgan fingerprint density at radius 2 is 1.77 bits per heavy atom. The Bertz CT molecular complexity index is 1410. The van der Waals surface area contributed by atoms with E-state index in [1.165, 1.54) is 0 Å². The average molecular weight is 391 g/mol. The molecule has 30 heavy (non-hydrogen) atoms. The molecule has 1 aromatic heterocycles. The Labute approximate surface area is 173 Å². The Morgan fingerprint density at radius 3 is 2.53 bits per heavy atom. The first-order chi connectivity index (χ1) is 14.7. The summed E-state index contributed by atoms with van der Waals surface area (Å²) in [6.07, 6.45) is 1.65. The highest BCUT2D eigenvalue weighted by Crippen LogP contribution is 2.42. The number of nitriles is 1. The molecular formula is C26H17NO3. The van der Waals surface area contributed by atoms with Crippen LogP contribution in [-0.4, -0.2) is 7.11 Å². The van der Waals surface area contributed by atoms with Gasteiger partial charge in [0.1, 0.15) is 17.1 Å².